The summed E-state index contributed by atoms with van der Waals surface area (Å²) < 4.78 is 18.3. The summed E-state index contributed by atoms with van der Waals surface area (Å²) in [6.45, 7) is 28.4. The van der Waals surface area contributed by atoms with Crippen LogP contribution in [0, 0.1) is 32.0 Å². The van der Waals surface area contributed by atoms with Crippen molar-refractivity contribution in [3.63, 3.8) is 0 Å². The number of carbonyl (C=O) groups is 3. The maximum atomic E-state index is 10.0. The minimum atomic E-state index is -0.125. The number of benzene rings is 7. The quantitative estimate of drug-likeness (QED) is 0.0597. The summed E-state index contributed by atoms with van der Waals surface area (Å²) >= 11 is 0. The molecule has 0 atom stereocenters. The van der Waals surface area contributed by atoms with Crippen LogP contribution in [0.15, 0.2) is 261 Å². The summed E-state index contributed by atoms with van der Waals surface area (Å²) in [6, 6.07) is 81.9. The molecule has 7 aromatic carbocycles. The second kappa shape index (κ2) is 40.5. The standard InChI is InChI=1S/C27H20NO.C25H24NO.C23H20NO.3C5H8O2.3Ir/c1-18-7-6-8-19(2)26(18)22-13-11-21(12-14-22)25-17-23-15-16-24(28-27(23)29-25)20-9-4-3-5-10-20;1-16(2)20-12-21(17(3)4)14-22(13-20)24-15-19-10-11-23(26-25(19)27-24)18-8-6-5-7-9-18;1-23(2,3)19-12-9-17(10-13-19)21-15-18-11-14-20(24-22(18)25-21)16-7-5-4-6-8-16;3*1-4(6)3-5(2)7;;;/h3-9,11-17H,1-2H3;5-8,10-17H,1-4H3;4-7,9-15H,1-3H3;3*3,6H,1-2H3;;;/q3*-1;;;;;;. The molecule has 547 valence electrons. The molecule has 105 heavy (non-hydrogen) atoms. The smallest absolute Gasteiger partial charge is 0.217 e. The zero-order valence-electron chi connectivity index (χ0n) is 61.7. The first-order valence-corrected chi connectivity index (χ1v) is 33.8. The molecule has 0 aliphatic carbocycles. The van der Waals surface area contributed by atoms with Crippen molar-refractivity contribution in [1.82, 2.24) is 15.0 Å². The molecule has 13 aromatic rings. The van der Waals surface area contributed by atoms with E-state index in [1.165, 1.54) is 98.7 Å². The maximum Gasteiger partial charge on any atom is 0.217 e. The van der Waals surface area contributed by atoms with Crippen molar-refractivity contribution in [2.45, 2.75) is 121 Å². The second-order valence-electron chi connectivity index (χ2n) is 26.5. The summed E-state index contributed by atoms with van der Waals surface area (Å²) in [6.07, 6.45) is 3.50. The Morgan fingerprint density at radius 2 is 0.705 bits per heavy atom. The Morgan fingerprint density at radius 1 is 0.390 bits per heavy atom. The number of ketones is 3. The molecule has 13 rings (SSSR count). The summed E-state index contributed by atoms with van der Waals surface area (Å²) in [4.78, 5) is 44.1. The average molecular weight is 1930 g/mol. The van der Waals surface area contributed by atoms with Crippen molar-refractivity contribution in [3.8, 4) is 78.9 Å². The van der Waals surface area contributed by atoms with Gasteiger partial charge in [0.25, 0.3) is 0 Å². The van der Waals surface area contributed by atoms with E-state index in [2.05, 4.69) is 206 Å². The number of hydrogen-bond acceptors (Lipinski definition) is 12. The number of fused-ring (bicyclic) bond motifs is 3. The van der Waals surface area contributed by atoms with Gasteiger partial charge in [0.15, 0.2) is 17.3 Å². The number of aliphatic hydroxyl groups is 3. The van der Waals surface area contributed by atoms with Crippen molar-refractivity contribution in [1.29, 1.82) is 0 Å². The van der Waals surface area contributed by atoms with Crippen LogP contribution in [-0.4, -0.2) is 47.6 Å². The van der Waals surface area contributed by atoms with Crippen molar-refractivity contribution in [3.05, 3.63) is 294 Å². The van der Waals surface area contributed by atoms with E-state index >= 15 is 0 Å². The number of nitrogens with zero attached hydrogens (tertiary/aromatic N) is 3. The number of carbonyl (C=O) groups excluding carboxylic acids is 3. The van der Waals surface area contributed by atoms with E-state index in [0.717, 1.165) is 83.9 Å². The number of pyridine rings is 3. The van der Waals surface area contributed by atoms with E-state index in [4.69, 9.17) is 33.6 Å². The molecule has 0 unspecified atom stereocenters. The number of allylic oxidation sites excluding steroid dienone is 6. The van der Waals surface area contributed by atoms with Gasteiger partial charge in [-0.15, -0.1) is 108 Å². The molecule has 6 heterocycles. The van der Waals surface area contributed by atoms with Gasteiger partial charge in [-0.2, -0.15) is 0 Å². The molecule has 0 spiro atoms. The number of aromatic nitrogens is 3. The van der Waals surface area contributed by atoms with Gasteiger partial charge < -0.3 is 28.6 Å². The molecule has 6 aromatic heterocycles. The Hall–Kier alpha value is -9.81. The van der Waals surface area contributed by atoms with Crippen LogP contribution in [0.2, 0.25) is 0 Å². The zero-order valence-corrected chi connectivity index (χ0v) is 68.9. The summed E-state index contributed by atoms with van der Waals surface area (Å²) in [7, 11) is 0. The predicted molar refractivity (Wildman–Crippen MR) is 414 cm³/mol. The van der Waals surface area contributed by atoms with E-state index < -0.39 is 0 Å². The van der Waals surface area contributed by atoms with Crippen molar-refractivity contribution < 1.29 is 103 Å². The van der Waals surface area contributed by atoms with E-state index in [1.54, 1.807) is 0 Å². The molecule has 0 aliphatic rings. The molecule has 3 N–H and O–H groups in total. The Labute approximate surface area is 657 Å². The molecule has 12 nitrogen and oxygen atoms in total. The number of rotatable bonds is 12. The predicted octanol–water partition coefficient (Wildman–Crippen LogP) is 23.8. The van der Waals surface area contributed by atoms with Gasteiger partial charge in [-0.1, -0.05) is 158 Å². The van der Waals surface area contributed by atoms with Gasteiger partial charge in [0.2, 0.25) is 17.1 Å². The third kappa shape index (κ3) is 25.5. The van der Waals surface area contributed by atoms with Crippen LogP contribution in [0.4, 0.5) is 0 Å². The Bertz CT molecular complexity index is 4960. The normalized spacial score (nSPS) is 11.2. The van der Waals surface area contributed by atoms with Crippen LogP contribution >= 0.6 is 0 Å². The number of aliphatic hydroxyl groups excluding tert-OH is 3. The fourth-order valence-electron chi connectivity index (χ4n) is 10.9. The van der Waals surface area contributed by atoms with Crippen LogP contribution in [0.25, 0.3) is 112 Å². The van der Waals surface area contributed by atoms with Gasteiger partial charge in [0.05, 0.1) is 17.3 Å². The second-order valence-corrected chi connectivity index (χ2v) is 26.5. The fraction of sp³-hybridized carbons (Fsp3) is 0.200. The Morgan fingerprint density at radius 3 is 0.981 bits per heavy atom. The third-order valence-electron chi connectivity index (χ3n) is 15.9. The van der Waals surface area contributed by atoms with Crippen molar-refractivity contribution in [2.75, 3.05) is 0 Å². The largest absolute Gasteiger partial charge is 0.512 e. The van der Waals surface area contributed by atoms with Crippen LogP contribution in [0.3, 0.4) is 0 Å². The number of furan rings is 3. The van der Waals surface area contributed by atoms with Gasteiger partial charge in [-0.05, 0) is 159 Å². The molecule has 0 aliphatic heterocycles. The van der Waals surface area contributed by atoms with Crippen LogP contribution in [-0.2, 0) is 80.1 Å². The maximum absolute atomic E-state index is 10.0. The molecule has 15 heteroatoms. The monoisotopic (exact) mass is 1930 g/mol. The summed E-state index contributed by atoms with van der Waals surface area (Å²) in [5.41, 5.74) is 20.0. The molecular weight excluding hydrogens is 1840 g/mol. The van der Waals surface area contributed by atoms with Crippen molar-refractivity contribution >= 4 is 50.6 Å². The first-order valence-electron chi connectivity index (χ1n) is 33.8. The Balaban J connectivity index is 0.000000246. The number of hydrogen-bond donors (Lipinski definition) is 3. The van der Waals surface area contributed by atoms with Crippen molar-refractivity contribution in [2.24, 2.45) is 0 Å². The molecule has 0 amide bonds. The first-order chi connectivity index (χ1) is 48.6. The average Bonchev–Trinajstić information content (AvgIpc) is 1.67. The van der Waals surface area contributed by atoms with Gasteiger partial charge >= 0.3 is 0 Å². The van der Waals surface area contributed by atoms with E-state index in [-0.39, 0.29) is 100 Å². The summed E-state index contributed by atoms with van der Waals surface area (Å²) in [5.74, 6) is 3.31. The third-order valence-corrected chi connectivity index (χ3v) is 15.9. The fourth-order valence-corrected chi connectivity index (χ4v) is 10.9. The van der Waals surface area contributed by atoms with Gasteiger partial charge in [0, 0.05) is 111 Å². The van der Waals surface area contributed by atoms with Gasteiger partial charge in [0.1, 0.15) is 17.3 Å². The SMILES string of the molecule is CC(=O)C=C(C)O.CC(=O)C=C(C)O.CC(=O)C=C(C)O.CC(C)(C)c1ccc(-c2cc3ccc(-c4[c-]cccc4)nc3o2)cc1.CC(C)c1cc(-c2cc3ccc(-c4[c-]cccc4)nc3o2)cc(C(C)C)c1.Cc1cccc(C)c1-c1ccc(-c2cc3ccc(-c4[c-]cccc4)nc3o2)cc1.[Ir].[Ir].[Ir]. The van der Waals surface area contributed by atoms with E-state index in [9.17, 15) is 14.4 Å². The topological polar surface area (TPSA) is 190 Å². The van der Waals surface area contributed by atoms with Crippen LogP contribution < -0.4 is 0 Å². The molecule has 0 saturated carbocycles. The summed E-state index contributed by atoms with van der Waals surface area (Å²) in [5, 5.41) is 28.1. The van der Waals surface area contributed by atoms with Gasteiger partial charge in [-0.25, -0.2) is 0 Å². The zero-order chi connectivity index (χ0) is 73.8. The minimum Gasteiger partial charge on any atom is -0.512 e. The molecule has 0 bridgehead atoms. The molecule has 0 fully saturated rings. The number of aryl methyl sites for hydroxylation is 2. The van der Waals surface area contributed by atoms with E-state index in [1.807, 2.05) is 97.1 Å². The first kappa shape index (κ1) is 85.8. The van der Waals surface area contributed by atoms with Gasteiger partial charge in [-0.3, -0.25) is 29.3 Å². The Kier molecular flexibility index (Phi) is 33.1. The molecule has 0 saturated heterocycles. The minimum absolute atomic E-state index is 0. The van der Waals surface area contributed by atoms with E-state index in [0.29, 0.717) is 29.0 Å². The molecular formula is C90H88Ir3N3O9-3. The van der Waals surface area contributed by atoms with Crippen LogP contribution in [0.1, 0.15) is 130 Å². The van der Waals surface area contributed by atoms with Crippen LogP contribution in [0.5, 0.6) is 0 Å². The molecule has 3 radical (unpaired) electrons.